The van der Waals surface area contributed by atoms with Gasteiger partial charge in [-0.25, -0.2) is 20.0 Å². The first-order chi connectivity index (χ1) is 31.6. The number of carbonyl (C=O) groups excluding carboxylic acids is 4. The number of nitrogens with one attached hydrogen (secondary N) is 1. The number of benzene rings is 1. The molecule has 352 valence electrons. The van der Waals surface area contributed by atoms with Gasteiger partial charge in [-0.3, -0.25) is 19.6 Å². The topological polar surface area (TPSA) is 151 Å². The second-order valence-corrected chi connectivity index (χ2v) is 23.5. The van der Waals surface area contributed by atoms with Crippen molar-refractivity contribution in [3.63, 3.8) is 0 Å². The number of fused-ring (bicyclic) bond motifs is 5. The molecule has 1 N–H and O–H groups in total. The summed E-state index contributed by atoms with van der Waals surface area (Å²) < 4.78 is 23.1. The van der Waals surface area contributed by atoms with Crippen molar-refractivity contribution < 1.29 is 38.0 Å². The molecule has 4 aromatic rings. The number of nitrogens with zero attached hydrogens (tertiary/aromatic N) is 7. The molecule has 9 rings (SSSR count). The van der Waals surface area contributed by atoms with Crippen LogP contribution in [0.15, 0.2) is 41.9 Å². The molecule has 2 saturated heterocycles. The lowest BCUT2D eigenvalue weighted by atomic mass is 9.84. The standard InChI is InChI=1S/C49H62IN8O7S/c1-10-56-38-16-15-30-19-33(38)35(43(56)32-13-11-17-51-41(32)29(4)63-9)21-48(5,6)27-65-46(61)36-14-12-18-58(53-49(36)26-50-49)44(59)34(20-40-52-37(30)25-66-40)39-22-57(39)45(60)42(28(2)3)55(8)47(62)54(7)31-23-64-24-31/h11,13,15-17,19,22,25-26,28-29,31,34,36,39,42,53H,10,12,14,18,20-21,23-24,27H2,1-9H3/q+1/t29-,34?,36-,39?,42-,49?/m0/s1. The fraction of sp³-hybridized carbons (Fsp3) is 0.551. The molecule has 5 aliphatic rings. The maximum atomic E-state index is 15.1. The molecule has 3 unspecified atom stereocenters. The van der Waals surface area contributed by atoms with E-state index in [0.29, 0.717) is 45.4 Å². The number of alkyl halides is 1. The third kappa shape index (κ3) is 8.66. The maximum absolute atomic E-state index is 15.1. The molecule has 6 bridgehead atoms. The minimum absolute atomic E-state index is 0.0337. The van der Waals surface area contributed by atoms with E-state index in [1.807, 2.05) is 39.2 Å². The number of ether oxygens (including phenoxy) is 3. The first-order valence-electron chi connectivity index (χ1n) is 23.1. The van der Waals surface area contributed by atoms with E-state index >= 15 is 4.79 Å². The number of carbonyl (C=O) groups is 4. The average Bonchev–Trinajstić information content (AvgIpc) is 4.19. The number of pyridine rings is 1. The minimum Gasteiger partial charge on any atom is -0.465 e. The summed E-state index contributed by atoms with van der Waals surface area (Å²) in [5.41, 5.74) is 10.0. The molecular formula is C49H62IN8O7S+. The SMILES string of the molecule is CCn1c(-c2cccnc2[C@H](C)OC)c2c3cc(ccc31)-c1csc(n1)CC(C1C=[N+]1C(=O)[C@H](C(C)C)N(C)C(=O)N(C)C1COC1)C(=O)N1CCC[C@@H](C(=O)OCC(C)(C)C2)C2(C=I2)N1. The Balaban J connectivity index is 1.11. The summed E-state index contributed by atoms with van der Waals surface area (Å²) in [6.07, 6.45) is 5.51. The number of esters is 1. The zero-order valence-corrected chi connectivity index (χ0v) is 42.4. The van der Waals surface area contributed by atoms with Crippen LogP contribution in [0.1, 0.15) is 76.8 Å². The third-order valence-electron chi connectivity index (χ3n) is 14.0. The number of thiazole rings is 1. The van der Waals surface area contributed by atoms with E-state index in [0.717, 1.165) is 56.2 Å². The number of hydrogen-bond acceptors (Lipinski definition) is 11. The smallest absolute Gasteiger partial charge is 0.410 e. The van der Waals surface area contributed by atoms with Gasteiger partial charge >= 0.3 is 17.9 Å². The molecule has 0 radical (unpaired) electrons. The second-order valence-electron chi connectivity index (χ2n) is 19.6. The molecule has 0 aliphatic carbocycles. The molecule has 15 nitrogen and oxygen atoms in total. The molecule has 2 fully saturated rings. The molecule has 5 aliphatic heterocycles. The summed E-state index contributed by atoms with van der Waals surface area (Å²) >= 11 is 0.964. The summed E-state index contributed by atoms with van der Waals surface area (Å²) in [5, 5.41) is 5.64. The van der Waals surface area contributed by atoms with Crippen LogP contribution in [0.2, 0.25) is 0 Å². The number of cyclic esters (lactones) is 1. The molecule has 6 atom stereocenters. The van der Waals surface area contributed by atoms with Crippen molar-refractivity contribution in [3.05, 3.63) is 58.2 Å². The first-order valence-corrected chi connectivity index (χ1v) is 26.3. The number of methoxy groups -OCH3 is 1. The minimum atomic E-state index is -0.745. The van der Waals surface area contributed by atoms with Crippen molar-refractivity contribution in [1.82, 2.24) is 34.8 Å². The van der Waals surface area contributed by atoms with Crippen LogP contribution in [0.25, 0.3) is 33.4 Å². The molecule has 66 heavy (non-hydrogen) atoms. The quantitative estimate of drug-likeness (QED) is 0.0651. The van der Waals surface area contributed by atoms with E-state index in [2.05, 4.69) is 64.4 Å². The normalized spacial score (nSPS) is 25.0. The van der Waals surface area contributed by atoms with Crippen molar-refractivity contribution in [2.45, 2.75) is 102 Å². The molecule has 4 amide bonds. The highest BCUT2D eigenvalue weighted by Crippen LogP contribution is 2.47. The average molecular weight is 1030 g/mol. The number of aryl methyl sites for hydroxylation is 1. The Morgan fingerprint density at radius 2 is 1.92 bits per heavy atom. The van der Waals surface area contributed by atoms with Crippen molar-refractivity contribution in [3.8, 4) is 22.5 Å². The number of rotatable bonds is 9. The van der Waals surface area contributed by atoms with Crippen LogP contribution in [0.3, 0.4) is 0 Å². The Labute approximate surface area is 400 Å². The van der Waals surface area contributed by atoms with Gasteiger partial charge in [0.1, 0.15) is 9.46 Å². The Bertz CT molecular complexity index is 2630. The number of hydrazine groups is 1. The van der Waals surface area contributed by atoms with Gasteiger partial charge < -0.3 is 28.6 Å². The molecule has 0 saturated carbocycles. The highest BCUT2D eigenvalue weighted by molar-refractivity contribution is 14.2. The van der Waals surface area contributed by atoms with Crippen LogP contribution < -0.4 is 5.43 Å². The zero-order valence-electron chi connectivity index (χ0n) is 39.4. The lowest BCUT2D eigenvalue weighted by Crippen LogP contribution is -2.58. The molecule has 17 heteroatoms. The Kier molecular flexibility index (Phi) is 12.9. The van der Waals surface area contributed by atoms with Crippen molar-refractivity contribution in [1.29, 1.82) is 0 Å². The monoisotopic (exact) mass is 1030 g/mol. The molecule has 1 spiro atoms. The number of hydrogen-bond donors (Lipinski definition) is 1. The summed E-state index contributed by atoms with van der Waals surface area (Å²) in [6, 6.07) is 9.05. The summed E-state index contributed by atoms with van der Waals surface area (Å²) in [5.74, 6) is -1.89. The summed E-state index contributed by atoms with van der Waals surface area (Å²) in [4.78, 5) is 70.7. The molecule has 8 heterocycles. The molecule has 3 aromatic heterocycles. The lowest BCUT2D eigenvalue weighted by Gasteiger charge is -2.38. The Morgan fingerprint density at radius 1 is 1.15 bits per heavy atom. The Hall–Kier alpha value is -4.43. The first kappa shape index (κ1) is 46.7. The summed E-state index contributed by atoms with van der Waals surface area (Å²) in [7, 11) is 5.12. The van der Waals surface area contributed by atoms with Crippen molar-refractivity contribution >= 4 is 77.0 Å². The van der Waals surface area contributed by atoms with Gasteiger partial charge in [-0.1, -0.05) is 54.5 Å². The van der Waals surface area contributed by atoms with E-state index in [1.54, 1.807) is 35.7 Å². The van der Waals surface area contributed by atoms with E-state index in [9.17, 15) is 14.4 Å². The molecular weight excluding hydrogens is 972 g/mol. The van der Waals surface area contributed by atoms with Crippen LogP contribution >= 0.6 is 32.1 Å². The van der Waals surface area contributed by atoms with Gasteiger partial charge in [-0.2, -0.15) is 0 Å². The van der Waals surface area contributed by atoms with Crippen LogP contribution in [-0.2, 0) is 48.0 Å². The fourth-order valence-corrected chi connectivity index (χ4v) is 13.2. The van der Waals surface area contributed by atoms with Gasteiger partial charge in [0.05, 0.1) is 60.0 Å². The van der Waals surface area contributed by atoms with Gasteiger partial charge in [0.15, 0.2) is 6.04 Å². The zero-order chi connectivity index (χ0) is 46.8. The predicted molar refractivity (Wildman–Crippen MR) is 263 cm³/mol. The van der Waals surface area contributed by atoms with E-state index in [-0.39, 0.29) is 48.5 Å². The number of likely N-dealkylation sites (N-methyl/N-ethyl adjacent to an activating group) is 2. The number of aromatic nitrogens is 3. The van der Waals surface area contributed by atoms with E-state index in [4.69, 9.17) is 24.2 Å². The largest absolute Gasteiger partial charge is 0.465 e. The number of halogens is 1. The lowest BCUT2D eigenvalue weighted by molar-refractivity contribution is -0.405. The van der Waals surface area contributed by atoms with E-state index < -0.39 is 53.6 Å². The van der Waals surface area contributed by atoms with Crippen LogP contribution in [0, 0.1) is 23.2 Å². The highest BCUT2D eigenvalue weighted by Gasteiger charge is 2.57. The van der Waals surface area contributed by atoms with E-state index in [1.165, 1.54) is 16.2 Å². The summed E-state index contributed by atoms with van der Waals surface area (Å²) in [6.45, 7) is 14.6. The molecule has 1 aromatic carbocycles. The van der Waals surface area contributed by atoms with Crippen LogP contribution in [0.4, 0.5) is 4.79 Å². The van der Waals surface area contributed by atoms with Crippen LogP contribution in [0.5, 0.6) is 0 Å². The van der Waals surface area contributed by atoms with Crippen LogP contribution in [-0.4, -0.2) is 137 Å². The van der Waals surface area contributed by atoms with Gasteiger partial charge in [0.2, 0.25) is 18.2 Å². The van der Waals surface area contributed by atoms with Gasteiger partial charge in [0.25, 0.3) is 0 Å². The fourth-order valence-electron chi connectivity index (χ4n) is 10.0. The van der Waals surface area contributed by atoms with Gasteiger partial charge in [0, 0.05) is 79.7 Å². The number of urea groups is 1. The highest BCUT2D eigenvalue weighted by atomic mass is 127. The predicted octanol–water partition coefficient (Wildman–Crippen LogP) is 6.46. The number of amides is 4. The van der Waals surface area contributed by atoms with Gasteiger partial charge in [-0.05, 0) is 72.9 Å². The second kappa shape index (κ2) is 18.2. The van der Waals surface area contributed by atoms with Crippen molar-refractivity contribution in [2.24, 2.45) is 23.2 Å². The third-order valence-corrected chi connectivity index (χ3v) is 17.8. The maximum Gasteiger partial charge on any atom is 0.410 e. The Morgan fingerprint density at radius 3 is 2.61 bits per heavy atom. The van der Waals surface area contributed by atoms with Gasteiger partial charge in [-0.15, -0.1) is 15.9 Å². The van der Waals surface area contributed by atoms with Crippen molar-refractivity contribution in [2.75, 3.05) is 47.6 Å².